The number of anilines is 1. The number of ether oxygens (including phenoxy) is 1. The number of piperidine rings is 1. The van der Waals surface area contributed by atoms with Gasteiger partial charge in [0, 0.05) is 28.9 Å². The van der Waals surface area contributed by atoms with Crippen LogP contribution >= 0.6 is 0 Å². The van der Waals surface area contributed by atoms with E-state index in [-0.39, 0.29) is 27.4 Å². The molecule has 4 rings (SSSR count). The van der Waals surface area contributed by atoms with Crippen LogP contribution in [0.2, 0.25) is 0 Å². The molecule has 0 radical (unpaired) electrons. The number of rotatable bonds is 6. The van der Waals surface area contributed by atoms with Crippen LogP contribution in [0.4, 0.5) is 14.5 Å². The molecule has 2 aromatic carbocycles. The van der Waals surface area contributed by atoms with Crippen molar-refractivity contribution in [2.24, 2.45) is 0 Å². The van der Waals surface area contributed by atoms with Crippen LogP contribution in [0, 0.1) is 0 Å². The maximum atomic E-state index is 13.9. The zero-order valence-electron chi connectivity index (χ0n) is 16.4. The summed E-state index contributed by atoms with van der Waals surface area (Å²) in [6.45, 7) is 1.70. The molecule has 1 aromatic heterocycles. The number of benzene rings is 2. The quantitative estimate of drug-likeness (QED) is 0.613. The first-order valence-electron chi connectivity index (χ1n) is 9.71. The van der Waals surface area contributed by atoms with Crippen molar-refractivity contribution in [1.82, 2.24) is 9.29 Å². The largest absolute Gasteiger partial charge is 0.497 e. The third kappa shape index (κ3) is 3.75. The predicted octanol–water partition coefficient (Wildman–Crippen LogP) is 3.99. The lowest BCUT2D eigenvalue weighted by Crippen LogP contribution is -2.35. The Bertz CT molecular complexity index is 1140. The zero-order valence-corrected chi connectivity index (χ0v) is 17.3. The standard InChI is InChI=1S/C21H23F2N3O3S/c1-29-15-5-7-16(8-6-15)30(27,28)26-13-17(21(22)23)20-18(3-2-4-19(20)26)25-14-9-11-24-12-10-14/h2-8,13-14,21,24-25H,9-12H2,1H3. The van der Waals surface area contributed by atoms with E-state index in [0.29, 0.717) is 11.4 Å². The molecule has 2 heterocycles. The highest BCUT2D eigenvalue weighted by molar-refractivity contribution is 7.90. The zero-order chi connectivity index (χ0) is 21.3. The van der Waals surface area contributed by atoms with Crippen molar-refractivity contribution in [1.29, 1.82) is 0 Å². The van der Waals surface area contributed by atoms with Crippen molar-refractivity contribution in [3.63, 3.8) is 0 Å². The van der Waals surface area contributed by atoms with Gasteiger partial charge in [-0.05, 0) is 62.3 Å². The first-order chi connectivity index (χ1) is 14.4. The number of hydrogen-bond donors (Lipinski definition) is 2. The Balaban J connectivity index is 1.83. The molecule has 0 bridgehead atoms. The topological polar surface area (TPSA) is 72.4 Å². The van der Waals surface area contributed by atoms with E-state index >= 15 is 0 Å². The Kier molecular flexibility index (Phi) is 5.66. The SMILES string of the molecule is COc1ccc(S(=O)(=O)n2cc(C(F)F)c3c(NC4CCNCC4)cccc32)cc1. The Morgan fingerprint density at radius 1 is 1.13 bits per heavy atom. The molecule has 1 fully saturated rings. The fourth-order valence-electron chi connectivity index (χ4n) is 3.82. The van der Waals surface area contributed by atoms with Gasteiger partial charge >= 0.3 is 0 Å². The molecule has 2 N–H and O–H groups in total. The van der Waals surface area contributed by atoms with Gasteiger partial charge in [0.2, 0.25) is 0 Å². The average molecular weight is 435 g/mol. The van der Waals surface area contributed by atoms with Gasteiger partial charge in [0.1, 0.15) is 5.75 Å². The molecule has 9 heteroatoms. The van der Waals surface area contributed by atoms with Gasteiger partial charge in [0.15, 0.2) is 0 Å². The Morgan fingerprint density at radius 3 is 2.47 bits per heavy atom. The van der Waals surface area contributed by atoms with Gasteiger partial charge in [-0.2, -0.15) is 0 Å². The molecule has 0 aliphatic carbocycles. The third-order valence-electron chi connectivity index (χ3n) is 5.38. The van der Waals surface area contributed by atoms with Crippen molar-refractivity contribution in [3.8, 4) is 5.75 Å². The number of halogens is 2. The second kappa shape index (κ2) is 8.23. The van der Waals surface area contributed by atoms with Crippen LogP contribution in [0.3, 0.4) is 0 Å². The summed E-state index contributed by atoms with van der Waals surface area (Å²) in [7, 11) is -2.58. The molecule has 1 aliphatic rings. The summed E-state index contributed by atoms with van der Waals surface area (Å²) in [5.74, 6) is 0.507. The Hall–Kier alpha value is -2.65. The van der Waals surface area contributed by atoms with Crippen molar-refractivity contribution in [2.45, 2.75) is 30.2 Å². The summed E-state index contributed by atoms with van der Waals surface area (Å²) < 4.78 is 60.3. The van der Waals surface area contributed by atoms with E-state index in [1.807, 2.05) is 0 Å². The maximum Gasteiger partial charge on any atom is 0.268 e. The first kappa shape index (κ1) is 20.6. The number of nitrogens with zero attached hydrogens (tertiary/aromatic N) is 1. The van der Waals surface area contributed by atoms with Crippen LogP contribution in [0.15, 0.2) is 53.6 Å². The molecular formula is C21H23F2N3O3S. The lowest BCUT2D eigenvalue weighted by atomic mass is 10.0. The van der Waals surface area contributed by atoms with E-state index in [9.17, 15) is 17.2 Å². The lowest BCUT2D eigenvalue weighted by Gasteiger charge is -2.25. The number of alkyl halides is 2. The molecule has 0 amide bonds. The van der Waals surface area contributed by atoms with Gasteiger partial charge in [-0.25, -0.2) is 21.2 Å². The van der Waals surface area contributed by atoms with Crippen LogP contribution in [0.5, 0.6) is 5.75 Å². The smallest absolute Gasteiger partial charge is 0.268 e. The Labute approximate surface area is 173 Å². The normalized spacial score (nSPS) is 15.6. The summed E-state index contributed by atoms with van der Waals surface area (Å²) in [5, 5.41) is 6.84. The van der Waals surface area contributed by atoms with Gasteiger partial charge in [0.05, 0.1) is 17.5 Å². The number of aromatic nitrogens is 1. The lowest BCUT2D eigenvalue weighted by molar-refractivity contribution is 0.153. The van der Waals surface area contributed by atoms with Gasteiger partial charge < -0.3 is 15.4 Å². The second-order valence-electron chi connectivity index (χ2n) is 7.23. The number of nitrogens with one attached hydrogen (secondary N) is 2. The van der Waals surface area contributed by atoms with E-state index in [1.165, 1.54) is 31.4 Å². The van der Waals surface area contributed by atoms with E-state index < -0.39 is 16.4 Å². The fourth-order valence-corrected chi connectivity index (χ4v) is 5.19. The van der Waals surface area contributed by atoms with Crippen LogP contribution in [0.25, 0.3) is 10.9 Å². The summed E-state index contributed by atoms with van der Waals surface area (Å²) >= 11 is 0. The minimum Gasteiger partial charge on any atom is -0.497 e. The highest BCUT2D eigenvalue weighted by Gasteiger charge is 2.26. The minimum absolute atomic E-state index is 0.00210. The first-order valence-corrected chi connectivity index (χ1v) is 11.1. The van der Waals surface area contributed by atoms with Crippen molar-refractivity contribution in [2.75, 3.05) is 25.5 Å². The van der Waals surface area contributed by atoms with Crippen LogP contribution in [-0.2, 0) is 10.0 Å². The average Bonchev–Trinajstić information content (AvgIpc) is 3.16. The van der Waals surface area contributed by atoms with Crippen LogP contribution < -0.4 is 15.4 Å². The number of hydrogen-bond acceptors (Lipinski definition) is 5. The van der Waals surface area contributed by atoms with E-state index in [0.717, 1.165) is 36.1 Å². The number of methoxy groups -OCH3 is 1. The molecule has 1 saturated heterocycles. The Morgan fingerprint density at radius 2 is 1.83 bits per heavy atom. The number of fused-ring (bicyclic) bond motifs is 1. The third-order valence-corrected chi connectivity index (χ3v) is 7.06. The van der Waals surface area contributed by atoms with Crippen LogP contribution in [0.1, 0.15) is 24.8 Å². The minimum atomic E-state index is -4.06. The van der Waals surface area contributed by atoms with Crippen molar-refractivity contribution >= 4 is 26.6 Å². The van der Waals surface area contributed by atoms with Gasteiger partial charge in [-0.15, -0.1) is 0 Å². The molecule has 1 aliphatic heterocycles. The molecule has 30 heavy (non-hydrogen) atoms. The van der Waals surface area contributed by atoms with Crippen molar-refractivity contribution in [3.05, 3.63) is 54.2 Å². The summed E-state index contributed by atoms with van der Waals surface area (Å²) in [6.07, 6.45) is -0.0465. The highest BCUT2D eigenvalue weighted by Crippen LogP contribution is 2.37. The van der Waals surface area contributed by atoms with E-state index in [4.69, 9.17) is 4.74 Å². The summed E-state index contributed by atoms with van der Waals surface area (Å²) in [5.41, 5.74) is 0.442. The van der Waals surface area contributed by atoms with Gasteiger partial charge in [0.25, 0.3) is 16.4 Å². The van der Waals surface area contributed by atoms with Gasteiger partial charge in [-0.3, -0.25) is 0 Å². The van der Waals surface area contributed by atoms with Gasteiger partial charge in [-0.1, -0.05) is 6.07 Å². The highest BCUT2D eigenvalue weighted by atomic mass is 32.2. The molecule has 160 valence electrons. The summed E-state index contributed by atoms with van der Waals surface area (Å²) in [4.78, 5) is -0.00210. The molecule has 0 spiro atoms. The molecule has 0 unspecified atom stereocenters. The fraction of sp³-hybridized carbons (Fsp3) is 0.333. The van der Waals surface area contributed by atoms with E-state index in [1.54, 1.807) is 18.2 Å². The molecular weight excluding hydrogens is 412 g/mol. The summed E-state index contributed by atoms with van der Waals surface area (Å²) in [6, 6.07) is 11.0. The monoisotopic (exact) mass is 435 g/mol. The van der Waals surface area contributed by atoms with Crippen LogP contribution in [-0.4, -0.2) is 38.6 Å². The molecule has 3 aromatic rings. The van der Waals surface area contributed by atoms with E-state index in [2.05, 4.69) is 10.6 Å². The molecule has 6 nitrogen and oxygen atoms in total. The van der Waals surface area contributed by atoms with Crippen molar-refractivity contribution < 1.29 is 21.9 Å². The second-order valence-corrected chi connectivity index (χ2v) is 9.04. The molecule has 0 atom stereocenters. The molecule has 0 saturated carbocycles. The maximum absolute atomic E-state index is 13.9. The predicted molar refractivity (Wildman–Crippen MR) is 112 cm³/mol.